The quantitative estimate of drug-likeness (QED) is 0.659. The van der Waals surface area contributed by atoms with E-state index in [9.17, 15) is 0 Å². The predicted octanol–water partition coefficient (Wildman–Crippen LogP) is 2.09. The van der Waals surface area contributed by atoms with Crippen LogP contribution >= 0.6 is 0 Å². The monoisotopic (exact) mass is 368 g/mol. The van der Waals surface area contributed by atoms with Gasteiger partial charge in [0.05, 0.1) is 30.0 Å². The van der Waals surface area contributed by atoms with Crippen LogP contribution in [0.1, 0.15) is 24.4 Å². The summed E-state index contributed by atoms with van der Waals surface area (Å²) in [5.41, 5.74) is 1.78. The van der Waals surface area contributed by atoms with Crippen LogP contribution in [0.15, 0.2) is 30.6 Å². The van der Waals surface area contributed by atoms with Crippen molar-refractivity contribution >= 4 is 16.9 Å². The molecule has 0 bridgehead atoms. The van der Waals surface area contributed by atoms with Crippen LogP contribution in [0.5, 0.6) is 0 Å². The number of ether oxygens (including phenoxy) is 2. The number of methoxy groups -OCH3 is 1. The van der Waals surface area contributed by atoms with E-state index >= 15 is 0 Å². The van der Waals surface area contributed by atoms with Crippen LogP contribution in [0.25, 0.3) is 11.0 Å². The Morgan fingerprint density at radius 1 is 1.22 bits per heavy atom. The van der Waals surface area contributed by atoms with Crippen molar-refractivity contribution in [2.45, 2.75) is 32.2 Å². The topological polar surface area (TPSA) is 78.2 Å². The summed E-state index contributed by atoms with van der Waals surface area (Å²) in [5.74, 6) is 1.58. The lowest BCUT2D eigenvalue weighted by molar-refractivity contribution is 0.0297. The van der Waals surface area contributed by atoms with Crippen molar-refractivity contribution in [3.8, 4) is 0 Å². The third kappa shape index (κ3) is 3.91. The number of nitrogens with zero attached hydrogens (tertiary/aromatic N) is 6. The molecule has 1 aliphatic heterocycles. The Morgan fingerprint density at radius 2 is 2.15 bits per heavy atom. The first-order valence-corrected chi connectivity index (χ1v) is 9.18. The predicted molar refractivity (Wildman–Crippen MR) is 101 cm³/mol. The van der Waals surface area contributed by atoms with Gasteiger partial charge in [0, 0.05) is 33.4 Å². The molecule has 0 N–H and O–H groups in total. The van der Waals surface area contributed by atoms with Gasteiger partial charge in [-0.25, -0.2) is 9.97 Å². The smallest absolute Gasteiger partial charge is 0.163 e. The summed E-state index contributed by atoms with van der Waals surface area (Å²) < 4.78 is 13.1. The second-order valence-electron chi connectivity index (χ2n) is 6.74. The van der Waals surface area contributed by atoms with E-state index in [0.717, 1.165) is 48.5 Å². The van der Waals surface area contributed by atoms with Gasteiger partial charge in [0.2, 0.25) is 0 Å². The lowest BCUT2D eigenvalue weighted by Crippen LogP contribution is -2.40. The molecule has 1 aliphatic rings. The van der Waals surface area contributed by atoms with Crippen molar-refractivity contribution in [3.63, 3.8) is 0 Å². The van der Waals surface area contributed by atoms with Crippen molar-refractivity contribution in [2.75, 3.05) is 25.1 Å². The van der Waals surface area contributed by atoms with Crippen LogP contribution in [0.4, 0.5) is 5.82 Å². The minimum absolute atomic E-state index is 0.147. The zero-order valence-corrected chi connectivity index (χ0v) is 15.7. The van der Waals surface area contributed by atoms with Gasteiger partial charge in [-0.05, 0) is 25.0 Å². The largest absolute Gasteiger partial charge is 0.377 e. The van der Waals surface area contributed by atoms with Gasteiger partial charge >= 0.3 is 0 Å². The maximum atomic E-state index is 6.12. The number of piperidine rings is 1. The Morgan fingerprint density at radius 3 is 2.96 bits per heavy atom. The van der Waals surface area contributed by atoms with Crippen molar-refractivity contribution in [3.05, 3.63) is 42.1 Å². The number of aryl methyl sites for hydroxylation is 1. The summed E-state index contributed by atoms with van der Waals surface area (Å²) in [4.78, 5) is 15.9. The van der Waals surface area contributed by atoms with E-state index in [4.69, 9.17) is 14.5 Å². The SMILES string of the molecule is COCc1nc(N2CCCC(OCc3ccccn3)C2)c2cnn(C)c2n1. The highest BCUT2D eigenvalue weighted by Crippen LogP contribution is 2.27. The second kappa shape index (κ2) is 7.98. The fourth-order valence-corrected chi connectivity index (χ4v) is 3.44. The zero-order chi connectivity index (χ0) is 18.6. The molecule has 1 atom stereocenters. The molecule has 8 heteroatoms. The summed E-state index contributed by atoms with van der Waals surface area (Å²) in [6, 6.07) is 5.88. The van der Waals surface area contributed by atoms with E-state index in [0.29, 0.717) is 19.0 Å². The molecule has 0 amide bonds. The third-order valence-corrected chi connectivity index (χ3v) is 4.76. The first kappa shape index (κ1) is 17.8. The van der Waals surface area contributed by atoms with Crippen molar-refractivity contribution in [1.82, 2.24) is 24.7 Å². The number of hydrogen-bond donors (Lipinski definition) is 0. The van der Waals surface area contributed by atoms with Gasteiger partial charge in [-0.2, -0.15) is 5.10 Å². The van der Waals surface area contributed by atoms with Crippen LogP contribution in [0.3, 0.4) is 0 Å². The van der Waals surface area contributed by atoms with E-state index in [1.807, 2.05) is 31.4 Å². The van der Waals surface area contributed by atoms with E-state index in [-0.39, 0.29) is 6.10 Å². The van der Waals surface area contributed by atoms with Crippen LogP contribution in [0.2, 0.25) is 0 Å². The number of pyridine rings is 1. The van der Waals surface area contributed by atoms with Gasteiger partial charge in [-0.1, -0.05) is 6.07 Å². The highest BCUT2D eigenvalue weighted by molar-refractivity contribution is 5.87. The van der Waals surface area contributed by atoms with E-state index < -0.39 is 0 Å². The lowest BCUT2D eigenvalue weighted by atomic mass is 10.1. The van der Waals surface area contributed by atoms with Crippen molar-refractivity contribution in [1.29, 1.82) is 0 Å². The number of fused-ring (bicyclic) bond motifs is 1. The fraction of sp³-hybridized carbons (Fsp3) is 0.474. The number of rotatable bonds is 6. The molecule has 3 aromatic rings. The molecule has 27 heavy (non-hydrogen) atoms. The Balaban J connectivity index is 1.53. The molecular formula is C19H24N6O2. The summed E-state index contributed by atoms with van der Waals surface area (Å²) in [6.45, 7) is 2.64. The highest BCUT2D eigenvalue weighted by Gasteiger charge is 2.24. The summed E-state index contributed by atoms with van der Waals surface area (Å²) >= 11 is 0. The van der Waals surface area contributed by atoms with Crippen LogP contribution < -0.4 is 4.90 Å². The van der Waals surface area contributed by atoms with Crippen LogP contribution in [-0.4, -0.2) is 51.0 Å². The Hall–Kier alpha value is -2.58. The fourth-order valence-electron chi connectivity index (χ4n) is 3.44. The van der Waals surface area contributed by atoms with Gasteiger partial charge in [-0.3, -0.25) is 9.67 Å². The van der Waals surface area contributed by atoms with Crippen molar-refractivity contribution in [2.24, 2.45) is 7.05 Å². The van der Waals surface area contributed by atoms with Crippen molar-refractivity contribution < 1.29 is 9.47 Å². The molecule has 0 spiro atoms. The summed E-state index contributed by atoms with van der Waals surface area (Å²) in [6.07, 6.45) is 5.87. The van der Waals surface area contributed by atoms with Crippen LogP contribution in [0, 0.1) is 0 Å². The molecule has 0 aromatic carbocycles. The number of anilines is 1. The molecule has 1 unspecified atom stereocenters. The minimum Gasteiger partial charge on any atom is -0.377 e. The lowest BCUT2D eigenvalue weighted by Gasteiger charge is -2.33. The second-order valence-corrected chi connectivity index (χ2v) is 6.74. The molecule has 142 valence electrons. The van der Waals surface area contributed by atoms with E-state index in [2.05, 4.69) is 20.0 Å². The zero-order valence-electron chi connectivity index (χ0n) is 15.7. The average molecular weight is 368 g/mol. The molecular weight excluding hydrogens is 344 g/mol. The normalized spacial score (nSPS) is 17.6. The number of aromatic nitrogens is 5. The molecule has 4 rings (SSSR count). The molecule has 0 saturated carbocycles. The first-order chi connectivity index (χ1) is 13.2. The van der Waals surface area contributed by atoms with Gasteiger partial charge in [0.25, 0.3) is 0 Å². The molecule has 0 radical (unpaired) electrons. The standard InChI is InChI=1S/C19H24N6O2/c1-24-18-16(10-21-24)19(23-17(22-18)13-26-2)25-9-5-7-15(11-25)27-12-14-6-3-4-8-20-14/h3-4,6,8,10,15H,5,7,9,11-13H2,1-2H3. The Kier molecular flexibility index (Phi) is 5.26. The molecule has 1 fully saturated rings. The average Bonchev–Trinajstić information content (AvgIpc) is 3.08. The van der Waals surface area contributed by atoms with Gasteiger partial charge in [-0.15, -0.1) is 0 Å². The molecule has 3 aromatic heterocycles. The van der Waals surface area contributed by atoms with Gasteiger partial charge in [0.1, 0.15) is 12.4 Å². The maximum absolute atomic E-state index is 6.12. The maximum Gasteiger partial charge on any atom is 0.163 e. The highest BCUT2D eigenvalue weighted by atomic mass is 16.5. The Bertz CT molecular complexity index is 898. The third-order valence-electron chi connectivity index (χ3n) is 4.76. The van der Waals surface area contributed by atoms with E-state index in [1.54, 1.807) is 18.0 Å². The summed E-state index contributed by atoms with van der Waals surface area (Å²) in [7, 11) is 3.55. The van der Waals surface area contributed by atoms with Crippen LogP contribution in [-0.2, 0) is 29.7 Å². The molecule has 4 heterocycles. The first-order valence-electron chi connectivity index (χ1n) is 9.18. The Labute approximate surface area is 158 Å². The van der Waals surface area contributed by atoms with Gasteiger partial charge < -0.3 is 14.4 Å². The molecule has 8 nitrogen and oxygen atoms in total. The summed E-state index contributed by atoms with van der Waals surface area (Å²) in [5, 5.41) is 5.32. The minimum atomic E-state index is 0.147. The van der Waals surface area contributed by atoms with Gasteiger partial charge in [0.15, 0.2) is 11.5 Å². The molecule has 0 aliphatic carbocycles. The molecule has 1 saturated heterocycles. The van der Waals surface area contributed by atoms with E-state index in [1.165, 1.54) is 0 Å². The number of hydrogen-bond acceptors (Lipinski definition) is 7.